The Morgan fingerprint density at radius 2 is 1.96 bits per heavy atom. The molecule has 5 heteroatoms. The Kier molecular flexibility index (Phi) is 5.42. The number of nitrogens with zero attached hydrogens (tertiary/aromatic N) is 1. The molecule has 0 saturated carbocycles. The van der Waals surface area contributed by atoms with Crippen LogP contribution in [-0.2, 0) is 11.2 Å². The predicted octanol–water partition coefficient (Wildman–Crippen LogP) is 3.66. The van der Waals surface area contributed by atoms with E-state index in [9.17, 15) is 4.79 Å². The topological polar surface area (TPSA) is 63.2 Å². The Bertz CT molecular complexity index is 636. The molecule has 2 aliphatic carbocycles. The number of hydrogen-bond acceptors (Lipinski definition) is 4. The molecule has 0 bridgehead atoms. The van der Waals surface area contributed by atoms with E-state index >= 15 is 0 Å². The molecule has 25 heavy (non-hydrogen) atoms. The Morgan fingerprint density at radius 3 is 2.68 bits per heavy atom. The molecule has 3 atom stereocenters. The minimum Gasteiger partial charge on any atom is -0.444 e. The number of rotatable bonds is 3. The van der Waals surface area contributed by atoms with Gasteiger partial charge in [-0.3, -0.25) is 4.98 Å². The van der Waals surface area contributed by atoms with E-state index in [-0.39, 0.29) is 12.1 Å². The van der Waals surface area contributed by atoms with Gasteiger partial charge in [0.15, 0.2) is 0 Å². The first-order chi connectivity index (χ1) is 11.9. The second kappa shape index (κ2) is 7.56. The quantitative estimate of drug-likeness (QED) is 0.822. The highest BCUT2D eigenvalue weighted by molar-refractivity contribution is 5.68. The van der Waals surface area contributed by atoms with Crippen LogP contribution in [0.4, 0.5) is 4.79 Å². The number of aromatic nitrogens is 1. The molecule has 5 nitrogen and oxygen atoms in total. The summed E-state index contributed by atoms with van der Waals surface area (Å²) < 4.78 is 5.32. The summed E-state index contributed by atoms with van der Waals surface area (Å²) in [6.45, 7) is 5.62. The maximum absolute atomic E-state index is 11.9. The number of carbonyl (C=O) groups excluding carboxylic acids is 1. The summed E-state index contributed by atoms with van der Waals surface area (Å²) in [5.41, 5.74) is 2.11. The van der Waals surface area contributed by atoms with Crippen LogP contribution in [0.1, 0.15) is 63.8 Å². The van der Waals surface area contributed by atoms with Gasteiger partial charge in [-0.2, -0.15) is 0 Å². The molecule has 0 aliphatic heterocycles. The van der Waals surface area contributed by atoms with Crippen molar-refractivity contribution in [3.05, 3.63) is 41.7 Å². The van der Waals surface area contributed by atoms with Crippen molar-refractivity contribution in [2.75, 3.05) is 0 Å². The zero-order valence-corrected chi connectivity index (χ0v) is 15.4. The predicted molar refractivity (Wildman–Crippen MR) is 98.4 cm³/mol. The summed E-state index contributed by atoms with van der Waals surface area (Å²) in [7, 11) is 0. The highest BCUT2D eigenvalue weighted by Crippen LogP contribution is 2.29. The number of fused-ring (bicyclic) bond motifs is 1. The Labute approximate surface area is 150 Å². The number of ether oxygens (including phenoxy) is 1. The van der Waals surface area contributed by atoms with Crippen LogP contribution >= 0.6 is 0 Å². The van der Waals surface area contributed by atoms with Crippen molar-refractivity contribution in [2.45, 2.75) is 76.6 Å². The number of carbonyl (C=O) groups is 1. The highest BCUT2D eigenvalue weighted by atomic mass is 16.6. The zero-order chi connectivity index (χ0) is 17.9. The zero-order valence-electron chi connectivity index (χ0n) is 15.4. The summed E-state index contributed by atoms with van der Waals surface area (Å²) in [4.78, 5) is 16.5. The first-order valence-electron chi connectivity index (χ1n) is 9.28. The van der Waals surface area contributed by atoms with Crippen LogP contribution in [0.2, 0.25) is 0 Å². The SMILES string of the molecule is CC(C)(C)OC(=O)N[C@H]1C=C[C@H](NC2CCCc3cccnc32)CC1. The van der Waals surface area contributed by atoms with Crippen molar-refractivity contribution in [1.29, 1.82) is 0 Å². The van der Waals surface area contributed by atoms with Crippen molar-refractivity contribution in [2.24, 2.45) is 0 Å². The number of aryl methyl sites for hydroxylation is 1. The minimum atomic E-state index is -0.464. The number of pyridine rings is 1. The van der Waals surface area contributed by atoms with Crippen molar-refractivity contribution in [3.8, 4) is 0 Å². The molecular weight excluding hydrogens is 314 g/mol. The first kappa shape index (κ1) is 17.9. The van der Waals surface area contributed by atoms with E-state index in [0.29, 0.717) is 12.1 Å². The summed E-state index contributed by atoms with van der Waals surface area (Å²) in [6.07, 6.45) is 11.2. The average Bonchev–Trinajstić information content (AvgIpc) is 2.55. The smallest absolute Gasteiger partial charge is 0.408 e. The molecule has 2 aliphatic rings. The number of amides is 1. The van der Waals surface area contributed by atoms with Crippen LogP contribution in [0.5, 0.6) is 0 Å². The van der Waals surface area contributed by atoms with E-state index in [1.807, 2.05) is 33.0 Å². The van der Waals surface area contributed by atoms with E-state index in [1.165, 1.54) is 17.7 Å². The lowest BCUT2D eigenvalue weighted by molar-refractivity contribution is 0.0510. The van der Waals surface area contributed by atoms with Gasteiger partial charge in [0, 0.05) is 12.2 Å². The van der Waals surface area contributed by atoms with Gasteiger partial charge >= 0.3 is 6.09 Å². The first-order valence-corrected chi connectivity index (χ1v) is 9.28. The van der Waals surface area contributed by atoms with Crippen LogP contribution in [0.25, 0.3) is 0 Å². The fourth-order valence-electron chi connectivity index (χ4n) is 3.57. The van der Waals surface area contributed by atoms with Gasteiger partial charge in [0.25, 0.3) is 0 Å². The van der Waals surface area contributed by atoms with Crippen molar-refractivity contribution in [3.63, 3.8) is 0 Å². The van der Waals surface area contributed by atoms with Gasteiger partial charge in [-0.1, -0.05) is 18.2 Å². The van der Waals surface area contributed by atoms with Crippen LogP contribution in [-0.4, -0.2) is 28.8 Å². The molecule has 2 N–H and O–H groups in total. The summed E-state index contributed by atoms with van der Waals surface area (Å²) in [6, 6.07) is 4.91. The molecule has 3 rings (SSSR count). The van der Waals surface area contributed by atoms with E-state index < -0.39 is 5.60 Å². The minimum absolute atomic E-state index is 0.0460. The van der Waals surface area contributed by atoms with E-state index in [0.717, 1.165) is 25.7 Å². The largest absolute Gasteiger partial charge is 0.444 e. The Morgan fingerprint density at radius 1 is 1.20 bits per heavy atom. The average molecular weight is 343 g/mol. The van der Waals surface area contributed by atoms with Gasteiger partial charge in [-0.15, -0.1) is 0 Å². The van der Waals surface area contributed by atoms with Gasteiger partial charge in [0.1, 0.15) is 5.60 Å². The van der Waals surface area contributed by atoms with Crippen molar-refractivity contribution < 1.29 is 9.53 Å². The summed E-state index contributed by atoms with van der Waals surface area (Å²) in [5, 5.41) is 6.66. The van der Waals surface area contributed by atoms with Gasteiger partial charge < -0.3 is 15.4 Å². The fourth-order valence-corrected chi connectivity index (χ4v) is 3.57. The second-order valence-corrected chi connectivity index (χ2v) is 7.98. The molecular formula is C20H29N3O2. The number of nitrogens with one attached hydrogen (secondary N) is 2. The lowest BCUT2D eigenvalue weighted by atomic mass is 9.90. The van der Waals surface area contributed by atoms with Crippen molar-refractivity contribution >= 4 is 6.09 Å². The molecule has 0 aromatic carbocycles. The second-order valence-electron chi connectivity index (χ2n) is 7.98. The number of hydrogen-bond donors (Lipinski definition) is 2. The molecule has 0 saturated heterocycles. The maximum atomic E-state index is 11.9. The third-order valence-corrected chi connectivity index (χ3v) is 4.68. The molecule has 1 unspecified atom stereocenters. The Balaban J connectivity index is 1.53. The molecule has 0 radical (unpaired) electrons. The molecule has 1 aromatic rings. The van der Waals surface area contributed by atoms with Gasteiger partial charge in [0.2, 0.25) is 0 Å². The lowest BCUT2D eigenvalue weighted by Crippen LogP contribution is -2.42. The van der Waals surface area contributed by atoms with Crippen LogP contribution in [0.3, 0.4) is 0 Å². The van der Waals surface area contributed by atoms with Gasteiger partial charge in [-0.25, -0.2) is 4.79 Å². The fraction of sp³-hybridized carbons (Fsp3) is 0.600. The van der Waals surface area contributed by atoms with E-state index in [4.69, 9.17) is 4.74 Å². The van der Waals surface area contributed by atoms with Gasteiger partial charge in [-0.05, 0) is 64.5 Å². The summed E-state index contributed by atoms with van der Waals surface area (Å²) in [5.74, 6) is 0. The lowest BCUT2D eigenvalue weighted by Gasteiger charge is -2.31. The van der Waals surface area contributed by atoms with Crippen LogP contribution in [0, 0.1) is 0 Å². The third kappa shape index (κ3) is 5.05. The molecule has 1 aromatic heterocycles. The molecule has 1 amide bonds. The molecule has 136 valence electrons. The highest BCUT2D eigenvalue weighted by Gasteiger charge is 2.25. The molecule has 1 heterocycles. The van der Waals surface area contributed by atoms with Crippen molar-refractivity contribution in [1.82, 2.24) is 15.6 Å². The van der Waals surface area contributed by atoms with E-state index in [2.05, 4.69) is 33.8 Å². The number of alkyl carbamates (subject to hydrolysis) is 1. The summed E-state index contributed by atoms with van der Waals surface area (Å²) >= 11 is 0. The Hall–Kier alpha value is -1.88. The van der Waals surface area contributed by atoms with Crippen LogP contribution in [0.15, 0.2) is 30.5 Å². The molecule has 0 spiro atoms. The normalized spacial score (nSPS) is 26.0. The third-order valence-electron chi connectivity index (χ3n) is 4.68. The van der Waals surface area contributed by atoms with E-state index in [1.54, 1.807) is 0 Å². The monoisotopic (exact) mass is 343 g/mol. The van der Waals surface area contributed by atoms with Gasteiger partial charge in [0.05, 0.1) is 17.8 Å². The molecule has 0 fully saturated rings. The standard InChI is InChI=1S/C20H29N3O2/c1-20(2,3)25-19(24)23-16-11-9-15(10-12-16)22-17-8-4-6-14-7-5-13-21-18(14)17/h5,7,9,11,13,15-17,22H,4,6,8,10,12H2,1-3H3,(H,23,24)/t15-,16-,17?/m0/s1. The maximum Gasteiger partial charge on any atom is 0.408 e. The van der Waals surface area contributed by atoms with Crippen LogP contribution < -0.4 is 10.6 Å².